The van der Waals surface area contributed by atoms with Crippen LogP contribution in [0, 0.1) is 11.3 Å². The van der Waals surface area contributed by atoms with Gasteiger partial charge in [-0.25, -0.2) is 0 Å². The number of carbonyl (C=O) groups excluding carboxylic acids is 2. The van der Waals surface area contributed by atoms with E-state index in [-0.39, 0.29) is 35.7 Å². The lowest BCUT2D eigenvalue weighted by Crippen LogP contribution is -2.47. The zero-order chi connectivity index (χ0) is 20.0. The molecule has 3 unspecified atom stereocenters. The molecule has 2 aliphatic carbocycles. The molecule has 2 heterocycles. The van der Waals surface area contributed by atoms with E-state index in [0.717, 1.165) is 38.9 Å². The monoisotopic (exact) mass is 432 g/mol. The molecule has 5 nitrogen and oxygen atoms in total. The van der Waals surface area contributed by atoms with Crippen molar-refractivity contribution in [2.75, 3.05) is 33.3 Å². The molecule has 164 valence electrons. The Bertz CT molecular complexity index is 787. The highest BCUT2D eigenvalue weighted by Crippen LogP contribution is 2.50. The van der Waals surface area contributed by atoms with Gasteiger partial charge in [-0.2, -0.15) is 0 Å². The molecular weight excluding hydrogens is 400 g/mol. The van der Waals surface area contributed by atoms with E-state index in [1.807, 2.05) is 7.11 Å². The van der Waals surface area contributed by atoms with Gasteiger partial charge in [-0.3, -0.25) is 14.5 Å². The Morgan fingerprint density at radius 1 is 1.00 bits per heavy atom. The lowest BCUT2D eigenvalue weighted by molar-refractivity contribution is -0.153. The molecule has 1 spiro atoms. The predicted molar refractivity (Wildman–Crippen MR) is 118 cm³/mol. The normalized spacial score (nSPS) is 29.9. The van der Waals surface area contributed by atoms with Gasteiger partial charge in [-0.15, -0.1) is 12.4 Å². The summed E-state index contributed by atoms with van der Waals surface area (Å²) < 4.78 is 5.85. The van der Waals surface area contributed by atoms with E-state index in [1.165, 1.54) is 24.0 Å². The van der Waals surface area contributed by atoms with Crippen LogP contribution in [0.15, 0.2) is 24.3 Å². The van der Waals surface area contributed by atoms with Gasteiger partial charge in [-0.1, -0.05) is 37.1 Å². The largest absolute Gasteiger partial charge is 0.376 e. The SMILES string of the molecule is COC1c2ccccc2C2CN(CCCN3C(=O)CC4(CCCC4)CC3=O)CC21.Cl. The van der Waals surface area contributed by atoms with Gasteiger partial charge in [0.05, 0.1) is 6.10 Å². The molecule has 1 aromatic carbocycles. The molecule has 0 radical (unpaired) electrons. The number of hydrogen-bond acceptors (Lipinski definition) is 4. The molecule has 4 aliphatic rings. The predicted octanol–water partition coefficient (Wildman–Crippen LogP) is 3.92. The third-order valence-corrected chi connectivity index (χ3v) is 7.96. The summed E-state index contributed by atoms with van der Waals surface area (Å²) >= 11 is 0. The smallest absolute Gasteiger partial charge is 0.229 e. The van der Waals surface area contributed by atoms with Crippen LogP contribution in [0.3, 0.4) is 0 Å². The molecule has 3 atom stereocenters. The summed E-state index contributed by atoms with van der Waals surface area (Å²) in [5, 5.41) is 0. The van der Waals surface area contributed by atoms with Crippen LogP contribution in [-0.2, 0) is 14.3 Å². The molecule has 0 bridgehead atoms. The van der Waals surface area contributed by atoms with Gasteiger partial charge in [0.1, 0.15) is 0 Å². The van der Waals surface area contributed by atoms with Crippen LogP contribution in [0.25, 0.3) is 0 Å². The first kappa shape index (κ1) is 21.8. The minimum absolute atomic E-state index is 0. The standard InChI is InChI=1S/C24H32N2O3.ClH/c1-29-23-18-8-3-2-7-17(18)19-15-25(16-20(19)23)11-6-12-26-21(27)13-24(14-22(26)28)9-4-5-10-24;/h2-3,7-8,19-20,23H,4-6,9-16H2,1H3;1H. The quantitative estimate of drug-likeness (QED) is 0.661. The fraction of sp³-hybridized carbons (Fsp3) is 0.667. The Hall–Kier alpha value is -1.43. The molecule has 6 heteroatoms. The Labute approximate surface area is 185 Å². The summed E-state index contributed by atoms with van der Waals surface area (Å²) in [6.07, 6.45) is 6.66. The average molecular weight is 433 g/mol. The Kier molecular flexibility index (Phi) is 6.25. The number of likely N-dealkylation sites (tertiary alicyclic amines) is 2. The number of carbonyl (C=O) groups is 2. The van der Waals surface area contributed by atoms with Crippen molar-refractivity contribution in [3.8, 4) is 0 Å². The number of hydrogen-bond donors (Lipinski definition) is 0. The van der Waals surface area contributed by atoms with E-state index in [4.69, 9.17) is 4.74 Å². The Balaban J connectivity index is 0.00000218. The molecule has 2 aliphatic heterocycles. The molecule has 3 fully saturated rings. The molecule has 0 aromatic heterocycles. The van der Waals surface area contributed by atoms with Crippen molar-refractivity contribution in [2.24, 2.45) is 11.3 Å². The number of amides is 2. The maximum atomic E-state index is 12.6. The van der Waals surface area contributed by atoms with Crippen molar-refractivity contribution in [3.05, 3.63) is 35.4 Å². The molecular formula is C24H33ClN2O3. The molecule has 2 amide bonds. The third kappa shape index (κ3) is 3.69. The van der Waals surface area contributed by atoms with E-state index in [1.54, 1.807) is 4.90 Å². The highest BCUT2D eigenvalue weighted by molar-refractivity contribution is 5.98. The fourth-order valence-electron chi connectivity index (χ4n) is 6.59. The summed E-state index contributed by atoms with van der Waals surface area (Å²) in [7, 11) is 1.82. The lowest BCUT2D eigenvalue weighted by Gasteiger charge is -2.37. The molecule has 1 saturated carbocycles. The number of methoxy groups -OCH3 is 1. The summed E-state index contributed by atoms with van der Waals surface area (Å²) in [5.74, 6) is 1.18. The van der Waals surface area contributed by atoms with Crippen LogP contribution in [-0.4, -0.2) is 54.9 Å². The number of imide groups is 1. The first-order valence-corrected chi connectivity index (χ1v) is 11.3. The molecule has 2 saturated heterocycles. The molecule has 30 heavy (non-hydrogen) atoms. The average Bonchev–Trinajstić information content (AvgIpc) is 3.38. The number of rotatable bonds is 5. The van der Waals surface area contributed by atoms with E-state index in [9.17, 15) is 9.59 Å². The zero-order valence-corrected chi connectivity index (χ0v) is 18.7. The van der Waals surface area contributed by atoms with Gasteiger partial charge in [0.2, 0.25) is 11.8 Å². The van der Waals surface area contributed by atoms with Crippen LogP contribution >= 0.6 is 12.4 Å². The fourth-order valence-corrected chi connectivity index (χ4v) is 6.59. The second kappa shape index (κ2) is 8.60. The van der Waals surface area contributed by atoms with Crippen LogP contribution in [0.4, 0.5) is 0 Å². The van der Waals surface area contributed by atoms with Gasteiger partial charge < -0.3 is 9.64 Å². The molecule has 0 N–H and O–H groups in total. The number of halogens is 1. The second-order valence-corrected chi connectivity index (χ2v) is 9.67. The number of ether oxygens (including phenoxy) is 1. The lowest BCUT2D eigenvalue weighted by atomic mass is 9.76. The zero-order valence-electron chi connectivity index (χ0n) is 17.8. The maximum absolute atomic E-state index is 12.6. The first-order valence-electron chi connectivity index (χ1n) is 11.3. The topological polar surface area (TPSA) is 49.9 Å². The molecule has 5 rings (SSSR count). The summed E-state index contributed by atoms with van der Waals surface area (Å²) in [5.41, 5.74) is 2.80. The van der Waals surface area contributed by atoms with Gasteiger partial charge in [0.15, 0.2) is 0 Å². The first-order chi connectivity index (χ1) is 14.1. The van der Waals surface area contributed by atoms with Gasteiger partial charge in [0, 0.05) is 51.4 Å². The summed E-state index contributed by atoms with van der Waals surface area (Å²) in [4.78, 5) is 29.3. The number of nitrogens with zero attached hydrogens (tertiary/aromatic N) is 2. The van der Waals surface area contributed by atoms with Crippen molar-refractivity contribution in [1.29, 1.82) is 0 Å². The van der Waals surface area contributed by atoms with Crippen molar-refractivity contribution in [1.82, 2.24) is 9.80 Å². The second-order valence-electron chi connectivity index (χ2n) is 9.67. The third-order valence-electron chi connectivity index (χ3n) is 7.96. The number of piperidine rings is 1. The van der Waals surface area contributed by atoms with Gasteiger partial charge in [-0.05, 0) is 42.3 Å². The van der Waals surface area contributed by atoms with E-state index in [0.29, 0.717) is 31.2 Å². The Morgan fingerprint density at radius 2 is 1.67 bits per heavy atom. The van der Waals surface area contributed by atoms with E-state index >= 15 is 0 Å². The van der Waals surface area contributed by atoms with Crippen molar-refractivity contribution < 1.29 is 14.3 Å². The molecule has 1 aromatic rings. The minimum atomic E-state index is -0.000377. The maximum Gasteiger partial charge on any atom is 0.229 e. The van der Waals surface area contributed by atoms with Crippen LogP contribution in [0.2, 0.25) is 0 Å². The number of fused-ring (bicyclic) bond motifs is 3. The summed E-state index contributed by atoms with van der Waals surface area (Å²) in [6, 6.07) is 8.68. The van der Waals surface area contributed by atoms with Crippen LogP contribution < -0.4 is 0 Å². The van der Waals surface area contributed by atoms with Crippen molar-refractivity contribution in [3.63, 3.8) is 0 Å². The van der Waals surface area contributed by atoms with E-state index < -0.39 is 0 Å². The minimum Gasteiger partial charge on any atom is -0.376 e. The van der Waals surface area contributed by atoms with Gasteiger partial charge in [0.25, 0.3) is 0 Å². The van der Waals surface area contributed by atoms with E-state index in [2.05, 4.69) is 29.2 Å². The van der Waals surface area contributed by atoms with Crippen LogP contribution in [0.5, 0.6) is 0 Å². The van der Waals surface area contributed by atoms with Gasteiger partial charge >= 0.3 is 0 Å². The van der Waals surface area contributed by atoms with Crippen LogP contribution in [0.1, 0.15) is 68.1 Å². The highest BCUT2D eigenvalue weighted by Gasteiger charge is 2.47. The highest BCUT2D eigenvalue weighted by atomic mass is 35.5. The van der Waals surface area contributed by atoms with Crippen molar-refractivity contribution >= 4 is 24.2 Å². The Morgan fingerprint density at radius 3 is 2.33 bits per heavy atom. The van der Waals surface area contributed by atoms with Crippen molar-refractivity contribution in [2.45, 2.75) is 57.0 Å². The number of benzene rings is 1. The summed E-state index contributed by atoms with van der Waals surface area (Å²) in [6.45, 7) is 3.59.